The maximum atomic E-state index is 11.2. The van der Waals surface area contributed by atoms with Crippen LogP contribution in [0.5, 0.6) is 0 Å². The fourth-order valence-electron chi connectivity index (χ4n) is 1.98. The quantitative estimate of drug-likeness (QED) is 0.647. The summed E-state index contributed by atoms with van der Waals surface area (Å²) in [5.74, 6) is -1.33. The van der Waals surface area contributed by atoms with Gasteiger partial charge in [0.05, 0.1) is 11.0 Å². The van der Waals surface area contributed by atoms with Gasteiger partial charge < -0.3 is 10.4 Å². The van der Waals surface area contributed by atoms with Crippen molar-refractivity contribution < 1.29 is 14.8 Å². The van der Waals surface area contributed by atoms with Gasteiger partial charge in [0.1, 0.15) is 11.3 Å². The summed E-state index contributed by atoms with van der Waals surface area (Å²) in [5, 5.41) is 23.2. The Morgan fingerprint density at radius 3 is 2.71 bits per heavy atom. The molecule has 2 aromatic rings. The summed E-state index contributed by atoms with van der Waals surface area (Å²) in [5.41, 5.74) is 0.216. The van der Waals surface area contributed by atoms with Crippen LogP contribution >= 0.6 is 0 Å². The summed E-state index contributed by atoms with van der Waals surface area (Å²) in [6.45, 7) is 1.81. The lowest BCUT2D eigenvalue weighted by Crippen LogP contribution is -2.11. The lowest BCUT2D eigenvalue weighted by Gasteiger charge is -2.15. The van der Waals surface area contributed by atoms with Gasteiger partial charge >= 0.3 is 11.7 Å². The Balaban J connectivity index is 2.38. The Morgan fingerprint density at radius 2 is 2.14 bits per heavy atom. The van der Waals surface area contributed by atoms with Gasteiger partial charge in [-0.25, -0.2) is 4.79 Å². The van der Waals surface area contributed by atoms with Crippen LogP contribution in [0.1, 0.15) is 28.9 Å². The van der Waals surface area contributed by atoms with Crippen LogP contribution in [0.25, 0.3) is 0 Å². The van der Waals surface area contributed by atoms with Gasteiger partial charge in [-0.05, 0) is 30.7 Å². The van der Waals surface area contributed by atoms with Crippen LogP contribution in [0.3, 0.4) is 0 Å². The number of carboxylic acid groups (broad SMARTS) is 1. The number of hydrogen-bond donors (Lipinski definition) is 2. The first-order chi connectivity index (χ1) is 10.0. The first-order valence-electron chi connectivity index (χ1n) is 6.18. The van der Waals surface area contributed by atoms with Crippen LogP contribution in [0.15, 0.2) is 42.7 Å². The number of para-hydroxylation sites is 1. The number of hydrogen-bond acceptors (Lipinski definition) is 5. The Bertz CT molecular complexity index is 673. The first-order valence-corrected chi connectivity index (χ1v) is 6.18. The number of nitro benzene ring substituents is 1. The van der Waals surface area contributed by atoms with E-state index in [2.05, 4.69) is 10.3 Å². The number of nitrogens with zero attached hydrogens (tertiary/aromatic N) is 2. The molecule has 0 saturated carbocycles. The third-order valence-electron chi connectivity index (χ3n) is 3.01. The van der Waals surface area contributed by atoms with E-state index in [1.165, 1.54) is 18.2 Å². The largest absolute Gasteiger partial charge is 0.477 e. The summed E-state index contributed by atoms with van der Waals surface area (Å²) < 4.78 is 0. The van der Waals surface area contributed by atoms with Crippen molar-refractivity contribution in [3.05, 3.63) is 64.0 Å². The predicted octanol–water partition coefficient (Wildman–Crippen LogP) is 2.86. The van der Waals surface area contributed by atoms with Crippen molar-refractivity contribution in [2.45, 2.75) is 13.0 Å². The van der Waals surface area contributed by atoms with E-state index < -0.39 is 16.6 Å². The van der Waals surface area contributed by atoms with Crippen LogP contribution < -0.4 is 5.32 Å². The molecule has 1 aromatic heterocycles. The van der Waals surface area contributed by atoms with Gasteiger partial charge in [-0.15, -0.1) is 0 Å². The van der Waals surface area contributed by atoms with Crippen molar-refractivity contribution in [2.24, 2.45) is 0 Å². The molecule has 2 N–H and O–H groups in total. The molecule has 0 fully saturated rings. The smallest absolute Gasteiger partial charge is 0.342 e. The van der Waals surface area contributed by atoms with E-state index in [9.17, 15) is 14.9 Å². The number of benzene rings is 1. The molecule has 1 unspecified atom stereocenters. The molecule has 0 aliphatic carbocycles. The summed E-state index contributed by atoms with van der Waals surface area (Å²) in [6.07, 6.45) is 3.27. The number of pyridine rings is 1. The molecular formula is C14H13N3O4. The molecule has 0 aliphatic heterocycles. The second-order valence-electron chi connectivity index (χ2n) is 4.42. The van der Waals surface area contributed by atoms with Gasteiger partial charge in [-0.3, -0.25) is 15.1 Å². The lowest BCUT2D eigenvalue weighted by molar-refractivity contribution is -0.384. The van der Waals surface area contributed by atoms with E-state index >= 15 is 0 Å². The zero-order chi connectivity index (χ0) is 15.4. The molecule has 7 nitrogen and oxygen atoms in total. The zero-order valence-electron chi connectivity index (χ0n) is 11.2. The van der Waals surface area contributed by atoms with E-state index in [0.717, 1.165) is 5.56 Å². The molecule has 0 bridgehead atoms. The topological polar surface area (TPSA) is 105 Å². The van der Waals surface area contributed by atoms with Crippen molar-refractivity contribution in [3.63, 3.8) is 0 Å². The van der Waals surface area contributed by atoms with E-state index in [1.54, 1.807) is 18.5 Å². The fraction of sp³-hybridized carbons (Fsp3) is 0.143. The Morgan fingerprint density at radius 1 is 1.38 bits per heavy atom. The van der Waals surface area contributed by atoms with Crippen LogP contribution in [-0.4, -0.2) is 21.0 Å². The molecule has 1 heterocycles. The van der Waals surface area contributed by atoms with E-state index in [4.69, 9.17) is 5.11 Å². The number of aromatic nitrogens is 1. The van der Waals surface area contributed by atoms with Crippen LogP contribution in [0, 0.1) is 10.1 Å². The molecule has 108 valence electrons. The van der Waals surface area contributed by atoms with Crippen molar-refractivity contribution in [1.29, 1.82) is 0 Å². The average molecular weight is 287 g/mol. The molecular weight excluding hydrogens is 274 g/mol. The third-order valence-corrected chi connectivity index (χ3v) is 3.01. The summed E-state index contributed by atoms with van der Waals surface area (Å²) in [6, 6.07) is 7.50. The van der Waals surface area contributed by atoms with Crippen LogP contribution in [-0.2, 0) is 0 Å². The highest BCUT2D eigenvalue weighted by molar-refractivity contribution is 5.95. The van der Waals surface area contributed by atoms with E-state index in [1.807, 2.05) is 13.0 Å². The summed E-state index contributed by atoms with van der Waals surface area (Å²) in [7, 11) is 0. The van der Waals surface area contributed by atoms with Crippen molar-refractivity contribution in [3.8, 4) is 0 Å². The normalized spacial score (nSPS) is 11.7. The molecule has 0 amide bonds. The number of nitrogens with one attached hydrogen (secondary N) is 1. The number of nitro groups is 1. The average Bonchev–Trinajstić information content (AvgIpc) is 2.47. The number of aromatic carboxylic acids is 1. The minimum atomic E-state index is -1.33. The predicted molar refractivity (Wildman–Crippen MR) is 76.3 cm³/mol. The molecule has 2 rings (SSSR count). The van der Waals surface area contributed by atoms with Crippen LogP contribution in [0.2, 0.25) is 0 Å². The highest BCUT2D eigenvalue weighted by Gasteiger charge is 2.25. The highest BCUT2D eigenvalue weighted by atomic mass is 16.6. The van der Waals surface area contributed by atoms with Gasteiger partial charge in [-0.2, -0.15) is 0 Å². The molecule has 7 heteroatoms. The SMILES string of the molecule is CC(Nc1cccc(C(=O)O)c1[N+](=O)[O-])c1cccnc1. The summed E-state index contributed by atoms with van der Waals surface area (Å²) >= 11 is 0. The van der Waals surface area contributed by atoms with E-state index in [0.29, 0.717) is 0 Å². The number of carbonyl (C=O) groups is 1. The highest BCUT2D eigenvalue weighted by Crippen LogP contribution is 2.31. The Labute approximate surface area is 120 Å². The van der Waals surface area contributed by atoms with Crippen molar-refractivity contribution in [1.82, 2.24) is 4.98 Å². The minimum Gasteiger partial charge on any atom is -0.477 e. The molecule has 0 aliphatic rings. The number of rotatable bonds is 5. The first kappa shape index (κ1) is 14.4. The van der Waals surface area contributed by atoms with Gasteiger partial charge in [0.15, 0.2) is 0 Å². The summed E-state index contributed by atoms with van der Waals surface area (Å²) in [4.78, 5) is 25.5. The second kappa shape index (κ2) is 6.00. The maximum absolute atomic E-state index is 11.2. The standard InChI is InChI=1S/C14H13N3O4/c1-9(10-4-3-7-15-8-10)16-12-6-2-5-11(14(18)19)13(12)17(20)21/h2-9,16H,1H3,(H,18,19). The monoisotopic (exact) mass is 287 g/mol. The van der Waals surface area contributed by atoms with E-state index in [-0.39, 0.29) is 17.3 Å². The lowest BCUT2D eigenvalue weighted by atomic mass is 10.1. The molecule has 0 saturated heterocycles. The second-order valence-corrected chi connectivity index (χ2v) is 4.42. The van der Waals surface area contributed by atoms with Gasteiger partial charge in [-0.1, -0.05) is 12.1 Å². The van der Waals surface area contributed by atoms with Crippen molar-refractivity contribution in [2.75, 3.05) is 5.32 Å². The molecule has 0 spiro atoms. The molecule has 1 aromatic carbocycles. The van der Waals surface area contributed by atoms with Crippen molar-refractivity contribution >= 4 is 17.3 Å². The van der Waals surface area contributed by atoms with Gasteiger partial charge in [0.25, 0.3) is 0 Å². The molecule has 1 atom stereocenters. The number of anilines is 1. The Hall–Kier alpha value is -2.96. The van der Waals surface area contributed by atoms with Gasteiger partial charge in [0.2, 0.25) is 0 Å². The Kier molecular flexibility index (Phi) is 4.13. The third kappa shape index (κ3) is 3.14. The maximum Gasteiger partial charge on any atom is 0.342 e. The minimum absolute atomic E-state index is 0.163. The van der Waals surface area contributed by atoms with Crippen LogP contribution in [0.4, 0.5) is 11.4 Å². The van der Waals surface area contributed by atoms with Gasteiger partial charge in [0, 0.05) is 12.4 Å². The zero-order valence-corrected chi connectivity index (χ0v) is 11.2. The fourth-order valence-corrected chi connectivity index (χ4v) is 1.98. The molecule has 0 radical (unpaired) electrons. The molecule has 21 heavy (non-hydrogen) atoms. The number of carboxylic acids is 1.